The molecule has 21 heavy (non-hydrogen) atoms. The van der Waals surface area contributed by atoms with Crippen molar-refractivity contribution in [2.75, 3.05) is 0 Å². The fraction of sp³-hybridized carbons (Fsp3) is 0.231. The van der Waals surface area contributed by atoms with E-state index in [-0.39, 0.29) is 18.3 Å². The standard InChI is InChI=1S/C13H14N4O3S/c1-8-7-21-11(17-8)6-16-13(20)15-5-9-2-3-10(12(18)19)14-4-9/h2-4,7H,5-6H2,1H3,(H,18,19)(H2,15,16,20). The second kappa shape index (κ2) is 6.80. The molecule has 0 spiro atoms. The van der Waals surface area contributed by atoms with Gasteiger partial charge < -0.3 is 15.7 Å². The smallest absolute Gasteiger partial charge is 0.354 e. The predicted octanol–water partition coefficient (Wildman–Crippen LogP) is 1.54. The molecule has 110 valence electrons. The number of carbonyl (C=O) groups is 2. The first kappa shape index (κ1) is 14.9. The van der Waals surface area contributed by atoms with Gasteiger partial charge in [-0.25, -0.2) is 19.6 Å². The van der Waals surface area contributed by atoms with Crippen molar-refractivity contribution < 1.29 is 14.7 Å². The number of rotatable bonds is 5. The molecule has 0 saturated carbocycles. The lowest BCUT2D eigenvalue weighted by atomic mass is 10.2. The molecule has 2 rings (SSSR count). The van der Waals surface area contributed by atoms with Gasteiger partial charge in [-0.05, 0) is 18.6 Å². The van der Waals surface area contributed by atoms with Crippen molar-refractivity contribution in [3.63, 3.8) is 0 Å². The van der Waals surface area contributed by atoms with Gasteiger partial charge in [0.1, 0.15) is 10.7 Å². The number of aromatic carboxylic acids is 1. The Hall–Kier alpha value is -2.48. The van der Waals surface area contributed by atoms with Gasteiger partial charge in [-0.3, -0.25) is 0 Å². The van der Waals surface area contributed by atoms with Crippen LogP contribution in [0.15, 0.2) is 23.7 Å². The number of thiazole rings is 1. The third kappa shape index (κ3) is 4.53. The second-order valence-electron chi connectivity index (χ2n) is 4.28. The zero-order valence-electron chi connectivity index (χ0n) is 11.3. The van der Waals surface area contributed by atoms with Crippen LogP contribution >= 0.6 is 11.3 Å². The van der Waals surface area contributed by atoms with Gasteiger partial charge in [-0.1, -0.05) is 6.07 Å². The van der Waals surface area contributed by atoms with Gasteiger partial charge in [0.25, 0.3) is 0 Å². The summed E-state index contributed by atoms with van der Waals surface area (Å²) in [5.41, 5.74) is 1.63. The minimum atomic E-state index is -1.08. The Labute approximate surface area is 125 Å². The molecule has 0 unspecified atom stereocenters. The largest absolute Gasteiger partial charge is 0.477 e. The number of hydrogen-bond donors (Lipinski definition) is 3. The highest BCUT2D eigenvalue weighted by Crippen LogP contribution is 2.07. The number of amides is 2. The van der Waals surface area contributed by atoms with E-state index in [1.807, 2.05) is 12.3 Å². The summed E-state index contributed by atoms with van der Waals surface area (Å²) in [6.07, 6.45) is 1.42. The van der Waals surface area contributed by atoms with Crippen LogP contribution in [0, 0.1) is 6.92 Å². The predicted molar refractivity (Wildman–Crippen MR) is 77.1 cm³/mol. The summed E-state index contributed by atoms with van der Waals surface area (Å²) >= 11 is 1.49. The summed E-state index contributed by atoms with van der Waals surface area (Å²) in [5, 5.41) is 16.9. The van der Waals surface area contributed by atoms with E-state index in [1.54, 1.807) is 6.07 Å². The van der Waals surface area contributed by atoms with Gasteiger partial charge in [0.05, 0.1) is 6.54 Å². The molecule has 2 heterocycles. The van der Waals surface area contributed by atoms with E-state index in [4.69, 9.17) is 5.11 Å². The summed E-state index contributed by atoms with van der Waals surface area (Å²) < 4.78 is 0. The van der Waals surface area contributed by atoms with Crippen molar-refractivity contribution in [3.05, 3.63) is 45.7 Å². The van der Waals surface area contributed by atoms with Crippen LogP contribution in [-0.2, 0) is 13.1 Å². The van der Waals surface area contributed by atoms with E-state index in [2.05, 4.69) is 20.6 Å². The van der Waals surface area contributed by atoms with Gasteiger partial charge in [-0.15, -0.1) is 11.3 Å². The number of carboxylic acids is 1. The maximum Gasteiger partial charge on any atom is 0.354 e. The van der Waals surface area contributed by atoms with Crippen molar-refractivity contribution in [1.82, 2.24) is 20.6 Å². The SMILES string of the molecule is Cc1csc(CNC(=O)NCc2ccc(C(=O)O)nc2)n1. The van der Waals surface area contributed by atoms with Crippen LogP contribution in [0.1, 0.15) is 26.8 Å². The summed E-state index contributed by atoms with van der Waals surface area (Å²) in [7, 11) is 0. The lowest BCUT2D eigenvalue weighted by molar-refractivity contribution is 0.0690. The van der Waals surface area contributed by atoms with Crippen LogP contribution in [-0.4, -0.2) is 27.1 Å². The third-order valence-corrected chi connectivity index (χ3v) is 3.53. The van der Waals surface area contributed by atoms with Gasteiger partial charge in [-0.2, -0.15) is 0 Å². The average Bonchev–Trinajstić information content (AvgIpc) is 2.89. The maximum absolute atomic E-state index is 11.6. The number of aryl methyl sites for hydroxylation is 1. The van der Waals surface area contributed by atoms with Crippen LogP contribution in [0.3, 0.4) is 0 Å². The molecule has 0 saturated heterocycles. The van der Waals surface area contributed by atoms with Crippen molar-refractivity contribution in [1.29, 1.82) is 0 Å². The molecule has 0 aliphatic heterocycles. The highest BCUT2D eigenvalue weighted by molar-refractivity contribution is 7.09. The van der Waals surface area contributed by atoms with Crippen molar-refractivity contribution in [3.8, 4) is 0 Å². The van der Waals surface area contributed by atoms with E-state index in [1.165, 1.54) is 23.6 Å². The summed E-state index contributed by atoms with van der Waals surface area (Å²) in [6.45, 7) is 2.55. The van der Waals surface area contributed by atoms with Crippen LogP contribution in [0.25, 0.3) is 0 Å². The quantitative estimate of drug-likeness (QED) is 0.777. The molecule has 3 N–H and O–H groups in total. The van der Waals surface area contributed by atoms with Crippen molar-refractivity contribution in [2.45, 2.75) is 20.0 Å². The number of carbonyl (C=O) groups excluding carboxylic acids is 1. The fourth-order valence-electron chi connectivity index (χ4n) is 1.54. The van der Waals surface area contributed by atoms with Crippen LogP contribution < -0.4 is 10.6 Å². The topological polar surface area (TPSA) is 104 Å². The molecule has 8 heteroatoms. The van der Waals surface area contributed by atoms with Crippen LogP contribution in [0.2, 0.25) is 0 Å². The maximum atomic E-state index is 11.6. The van der Waals surface area contributed by atoms with Gasteiger partial charge in [0, 0.05) is 23.8 Å². The highest BCUT2D eigenvalue weighted by Gasteiger charge is 2.05. The first-order chi connectivity index (χ1) is 10.0. The molecule has 0 aliphatic carbocycles. The Bertz CT molecular complexity index is 639. The zero-order valence-corrected chi connectivity index (χ0v) is 12.1. The summed E-state index contributed by atoms with van der Waals surface area (Å²) in [6, 6.07) is 2.70. The van der Waals surface area contributed by atoms with E-state index < -0.39 is 5.97 Å². The molecule has 2 amide bonds. The zero-order chi connectivity index (χ0) is 15.2. The molecule has 2 aromatic heterocycles. The first-order valence-electron chi connectivity index (χ1n) is 6.15. The third-order valence-electron chi connectivity index (χ3n) is 2.56. The van der Waals surface area contributed by atoms with E-state index >= 15 is 0 Å². The minimum Gasteiger partial charge on any atom is -0.477 e. The van der Waals surface area contributed by atoms with E-state index in [0.717, 1.165) is 16.3 Å². The normalized spacial score (nSPS) is 10.1. The molecule has 0 fully saturated rings. The van der Waals surface area contributed by atoms with Crippen LogP contribution in [0.4, 0.5) is 4.79 Å². The number of urea groups is 1. The van der Waals surface area contributed by atoms with Crippen molar-refractivity contribution >= 4 is 23.3 Å². The summed E-state index contributed by atoms with van der Waals surface area (Å²) in [4.78, 5) is 30.3. The molecule has 0 radical (unpaired) electrons. The van der Waals surface area contributed by atoms with E-state index in [0.29, 0.717) is 6.54 Å². The Balaban J connectivity index is 1.77. The van der Waals surface area contributed by atoms with Gasteiger partial charge in [0.15, 0.2) is 0 Å². The molecular weight excluding hydrogens is 292 g/mol. The van der Waals surface area contributed by atoms with E-state index in [9.17, 15) is 9.59 Å². The number of pyridine rings is 1. The Kier molecular flexibility index (Phi) is 4.83. The Morgan fingerprint density at radius 2 is 2.05 bits per heavy atom. The average molecular weight is 306 g/mol. The minimum absolute atomic E-state index is 0.0256. The number of nitrogens with zero attached hydrogens (tertiary/aromatic N) is 2. The molecule has 2 aromatic rings. The lowest BCUT2D eigenvalue weighted by Crippen LogP contribution is -2.34. The summed E-state index contributed by atoms with van der Waals surface area (Å²) in [5.74, 6) is -1.08. The molecule has 0 bridgehead atoms. The highest BCUT2D eigenvalue weighted by atomic mass is 32.1. The molecule has 0 aliphatic rings. The Morgan fingerprint density at radius 3 is 2.62 bits per heavy atom. The van der Waals surface area contributed by atoms with Gasteiger partial charge in [0.2, 0.25) is 0 Å². The number of hydrogen-bond acceptors (Lipinski definition) is 5. The molecule has 7 nitrogen and oxygen atoms in total. The first-order valence-corrected chi connectivity index (χ1v) is 7.03. The molecular formula is C13H14N4O3S. The van der Waals surface area contributed by atoms with Crippen molar-refractivity contribution in [2.24, 2.45) is 0 Å². The second-order valence-corrected chi connectivity index (χ2v) is 5.22. The van der Waals surface area contributed by atoms with Crippen LogP contribution in [0.5, 0.6) is 0 Å². The number of aromatic nitrogens is 2. The van der Waals surface area contributed by atoms with Gasteiger partial charge >= 0.3 is 12.0 Å². The monoisotopic (exact) mass is 306 g/mol. The molecule has 0 atom stereocenters. The molecule has 0 aromatic carbocycles. The number of nitrogens with one attached hydrogen (secondary N) is 2. The lowest BCUT2D eigenvalue weighted by Gasteiger charge is -2.06. The number of carboxylic acid groups (broad SMARTS) is 1. The fourth-order valence-corrected chi connectivity index (χ4v) is 2.25. The Morgan fingerprint density at radius 1 is 1.29 bits per heavy atom.